The average Bonchev–Trinajstić information content (AvgIpc) is 3.22. The quantitative estimate of drug-likeness (QED) is 0.831. The Labute approximate surface area is 151 Å². The Balaban J connectivity index is 1.91. The minimum Gasteiger partial charge on any atom is -0.465 e. The lowest BCUT2D eigenvalue weighted by Gasteiger charge is -2.14. The van der Waals surface area contributed by atoms with Crippen LogP contribution in [0.4, 0.5) is 5.00 Å². The van der Waals surface area contributed by atoms with Crippen molar-refractivity contribution in [2.45, 2.75) is 19.8 Å². The summed E-state index contributed by atoms with van der Waals surface area (Å²) >= 11 is 1.41. The fourth-order valence-corrected chi connectivity index (χ4v) is 4.27. The van der Waals surface area contributed by atoms with Gasteiger partial charge in [-0.2, -0.15) is 0 Å². The maximum Gasteiger partial charge on any atom is 0.341 e. The molecule has 1 amide bonds. The summed E-state index contributed by atoms with van der Waals surface area (Å²) in [7, 11) is 1.36. The van der Waals surface area contributed by atoms with Gasteiger partial charge in [0.25, 0.3) is 0 Å². The molecule has 0 atom stereocenters. The van der Waals surface area contributed by atoms with Gasteiger partial charge < -0.3 is 10.1 Å². The van der Waals surface area contributed by atoms with Crippen LogP contribution in [0.2, 0.25) is 0 Å². The van der Waals surface area contributed by atoms with E-state index in [0.29, 0.717) is 17.1 Å². The van der Waals surface area contributed by atoms with E-state index in [1.54, 1.807) is 0 Å². The SMILES string of the molecule is COC(=O)c1c(NC(=O)CN2CCCC2)sc(C)c1-c1ccccc1. The topological polar surface area (TPSA) is 58.6 Å². The number of ether oxygens (including phenoxy) is 1. The predicted octanol–water partition coefficient (Wildman–Crippen LogP) is 3.54. The standard InChI is InChI=1S/C19H22N2O3S/c1-13-16(14-8-4-3-5-9-14)17(19(23)24-2)18(25-13)20-15(22)12-21-10-6-7-11-21/h3-5,8-9H,6-7,10-12H2,1-2H3,(H,20,22). The number of benzene rings is 1. The maximum atomic E-state index is 12.4. The molecule has 0 aliphatic carbocycles. The van der Waals surface area contributed by atoms with Crippen molar-refractivity contribution in [2.24, 2.45) is 0 Å². The highest BCUT2D eigenvalue weighted by Crippen LogP contribution is 2.40. The van der Waals surface area contributed by atoms with Gasteiger partial charge in [0.2, 0.25) is 5.91 Å². The monoisotopic (exact) mass is 358 g/mol. The van der Waals surface area contributed by atoms with Crippen LogP contribution >= 0.6 is 11.3 Å². The first-order chi connectivity index (χ1) is 12.1. The summed E-state index contributed by atoms with van der Waals surface area (Å²) in [5, 5.41) is 3.48. The maximum absolute atomic E-state index is 12.4. The molecular formula is C19H22N2O3S. The summed E-state index contributed by atoms with van der Waals surface area (Å²) < 4.78 is 4.97. The molecule has 1 aromatic heterocycles. The second-order valence-corrected chi connectivity index (χ2v) is 7.35. The number of nitrogens with zero attached hydrogens (tertiary/aromatic N) is 1. The normalized spacial score (nSPS) is 14.5. The van der Waals surface area contributed by atoms with E-state index in [1.165, 1.54) is 18.4 Å². The Hall–Kier alpha value is -2.18. The first-order valence-corrected chi connectivity index (χ1v) is 9.21. The Bertz CT molecular complexity index is 764. The van der Waals surface area contributed by atoms with Crippen molar-refractivity contribution in [3.05, 3.63) is 40.8 Å². The Kier molecular flexibility index (Phi) is 5.50. The first kappa shape index (κ1) is 17.6. The number of carbonyl (C=O) groups excluding carboxylic acids is 2. The number of nitrogens with one attached hydrogen (secondary N) is 1. The van der Waals surface area contributed by atoms with Crippen molar-refractivity contribution in [1.29, 1.82) is 0 Å². The Morgan fingerprint density at radius 1 is 1.20 bits per heavy atom. The Morgan fingerprint density at radius 2 is 1.88 bits per heavy atom. The molecule has 6 heteroatoms. The smallest absolute Gasteiger partial charge is 0.341 e. The molecular weight excluding hydrogens is 336 g/mol. The number of hydrogen-bond donors (Lipinski definition) is 1. The molecule has 1 aliphatic rings. The number of thiophene rings is 1. The van der Waals surface area contributed by atoms with Crippen molar-refractivity contribution in [2.75, 3.05) is 32.1 Å². The minimum absolute atomic E-state index is 0.0899. The molecule has 132 valence electrons. The lowest BCUT2D eigenvalue weighted by molar-refractivity contribution is -0.117. The van der Waals surface area contributed by atoms with Crippen LogP contribution in [0, 0.1) is 6.92 Å². The third-order valence-corrected chi connectivity index (χ3v) is 5.38. The van der Waals surface area contributed by atoms with Crippen LogP contribution in [0.1, 0.15) is 28.1 Å². The summed E-state index contributed by atoms with van der Waals surface area (Å²) in [5.41, 5.74) is 2.21. The van der Waals surface area contributed by atoms with Gasteiger partial charge in [0, 0.05) is 10.4 Å². The Morgan fingerprint density at radius 3 is 2.52 bits per heavy atom. The van der Waals surface area contributed by atoms with E-state index < -0.39 is 5.97 Å². The zero-order valence-corrected chi connectivity index (χ0v) is 15.3. The van der Waals surface area contributed by atoms with E-state index in [2.05, 4.69) is 10.2 Å². The van der Waals surface area contributed by atoms with Gasteiger partial charge in [-0.15, -0.1) is 11.3 Å². The largest absolute Gasteiger partial charge is 0.465 e. The molecule has 1 fully saturated rings. The zero-order valence-electron chi connectivity index (χ0n) is 14.5. The van der Waals surface area contributed by atoms with E-state index in [4.69, 9.17) is 4.74 Å². The van der Waals surface area contributed by atoms with Crippen molar-refractivity contribution < 1.29 is 14.3 Å². The van der Waals surface area contributed by atoms with Crippen LogP contribution in [-0.4, -0.2) is 43.5 Å². The molecule has 0 saturated carbocycles. The van der Waals surface area contributed by atoms with E-state index in [1.807, 2.05) is 37.3 Å². The van der Waals surface area contributed by atoms with Crippen molar-refractivity contribution in [3.63, 3.8) is 0 Å². The second kappa shape index (κ2) is 7.80. The number of methoxy groups -OCH3 is 1. The molecule has 0 radical (unpaired) electrons. The third kappa shape index (κ3) is 3.91. The summed E-state index contributed by atoms with van der Waals surface area (Å²) in [5.74, 6) is -0.521. The fourth-order valence-electron chi connectivity index (χ4n) is 3.19. The highest BCUT2D eigenvalue weighted by atomic mass is 32.1. The van der Waals surface area contributed by atoms with Gasteiger partial charge in [0.15, 0.2) is 0 Å². The number of likely N-dealkylation sites (tertiary alicyclic amines) is 1. The summed E-state index contributed by atoms with van der Waals surface area (Å²) in [4.78, 5) is 27.9. The number of esters is 1. The van der Waals surface area contributed by atoms with E-state index in [9.17, 15) is 9.59 Å². The molecule has 0 spiro atoms. The van der Waals surface area contributed by atoms with Gasteiger partial charge in [-0.05, 0) is 38.4 Å². The zero-order chi connectivity index (χ0) is 17.8. The number of amides is 1. The highest BCUT2D eigenvalue weighted by Gasteiger charge is 2.25. The minimum atomic E-state index is -0.431. The van der Waals surface area contributed by atoms with Crippen LogP contribution in [0.25, 0.3) is 11.1 Å². The molecule has 25 heavy (non-hydrogen) atoms. The average molecular weight is 358 g/mol. The first-order valence-electron chi connectivity index (χ1n) is 8.39. The molecule has 3 rings (SSSR count). The molecule has 0 unspecified atom stereocenters. The lowest BCUT2D eigenvalue weighted by atomic mass is 10.0. The lowest BCUT2D eigenvalue weighted by Crippen LogP contribution is -2.31. The molecule has 2 heterocycles. The highest BCUT2D eigenvalue weighted by molar-refractivity contribution is 7.17. The van der Waals surface area contributed by atoms with Crippen LogP contribution < -0.4 is 5.32 Å². The van der Waals surface area contributed by atoms with Crippen molar-refractivity contribution in [1.82, 2.24) is 4.90 Å². The van der Waals surface area contributed by atoms with Crippen LogP contribution in [-0.2, 0) is 9.53 Å². The van der Waals surface area contributed by atoms with Gasteiger partial charge in [-0.1, -0.05) is 30.3 Å². The van der Waals surface area contributed by atoms with E-state index in [-0.39, 0.29) is 5.91 Å². The number of anilines is 1. The van der Waals surface area contributed by atoms with Gasteiger partial charge in [-0.3, -0.25) is 9.69 Å². The van der Waals surface area contributed by atoms with Crippen molar-refractivity contribution >= 4 is 28.2 Å². The molecule has 1 aromatic carbocycles. The number of aryl methyl sites for hydroxylation is 1. The van der Waals surface area contributed by atoms with Crippen LogP contribution in [0.3, 0.4) is 0 Å². The van der Waals surface area contributed by atoms with Crippen LogP contribution in [0.15, 0.2) is 30.3 Å². The number of hydrogen-bond acceptors (Lipinski definition) is 5. The molecule has 1 saturated heterocycles. The van der Waals surface area contributed by atoms with Crippen molar-refractivity contribution in [3.8, 4) is 11.1 Å². The van der Waals surface area contributed by atoms with Gasteiger partial charge in [-0.25, -0.2) is 4.79 Å². The fraction of sp³-hybridized carbons (Fsp3) is 0.368. The van der Waals surface area contributed by atoms with Gasteiger partial charge in [0.1, 0.15) is 10.6 Å². The van der Waals surface area contributed by atoms with Gasteiger partial charge >= 0.3 is 5.97 Å². The number of carbonyl (C=O) groups is 2. The molecule has 0 bridgehead atoms. The number of rotatable bonds is 5. The van der Waals surface area contributed by atoms with E-state index >= 15 is 0 Å². The summed E-state index contributed by atoms with van der Waals surface area (Å²) in [6.45, 7) is 4.22. The molecule has 5 nitrogen and oxygen atoms in total. The second-order valence-electron chi connectivity index (χ2n) is 6.13. The summed E-state index contributed by atoms with van der Waals surface area (Å²) in [6, 6.07) is 9.70. The van der Waals surface area contributed by atoms with E-state index in [0.717, 1.165) is 41.9 Å². The molecule has 2 aromatic rings. The third-order valence-electron chi connectivity index (χ3n) is 4.36. The van der Waals surface area contributed by atoms with Crippen LogP contribution in [0.5, 0.6) is 0 Å². The van der Waals surface area contributed by atoms with Gasteiger partial charge in [0.05, 0.1) is 13.7 Å². The molecule has 1 N–H and O–H groups in total. The summed E-state index contributed by atoms with van der Waals surface area (Å²) in [6.07, 6.45) is 2.27. The molecule has 1 aliphatic heterocycles. The predicted molar refractivity (Wildman–Crippen MR) is 100 cm³/mol.